The van der Waals surface area contributed by atoms with Gasteiger partial charge in [0.05, 0.1) is 16.4 Å². The van der Waals surface area contributed by atoms with Gasteiger partial charge in [-0.15, -0.1) is 0 Å². The lowest BCUT2D eigenvalue weighted by Crippen LogP contribution is -2.37. The topological polar surface area (TPSA) is 73.3 Å². The highest BCUT2D eigenvalue weighted by molar-refractivity contribution is 14.1. The second-order valence-electron chi connectivity index (χ2n) is 6.14. The number of benzene rings is 1. The molecule has 3 aromatic rings. The van der Waals surface area contributed by atoms with Crippen LogP contribution in [-0.4, -0.2) is 40.7 Å². The van der Waals surface area contributed by atoms with E-state index in [1.54, 1.807) is 31.8 Å². The van der Waals surface area contributed by atoms with Crippen molar-refractivity contribution < 1.29 is 13.9 Å². The monoisotopic (exact) mass is 493 g/mol. The Balaban J connectivity index is 1.71. The fourth-order valence-corrected chi connectivity index (χ4v) is 3.78. The number of hydrogen-bond acceptors (Lipinski definition) is 7. The minimum atomic E-state index is -0.432. The van der Waals surface area contributed by atoms with Gasteiger partial charge >= 0.3 is 0 Å². The summed E-state index contributed by atoms with van der Waals surface area (Å²) in [5.74, 6) is 1.11. The van der Waals surface area contributed by atoms with Crippen LogP contribution >= 0.6 is 22.6 Å². The molecule has 1 aliphatic rings. The number of anilines is 1. The Labute approximate surface area is 175 Å². The Hall–Kier alpha value is -2.40. The Kier molecular flexibility index (Phi) is 5.36. The number of ether oxygens (including phenoxy) is 2. The summed E-state index contributed by atoms with van der Waals surface area (Å²) in [4.78, 5) is 19.4. The predicted molar refractivity (Wildman–Crippen MR) is 110 cm³/mol. The Morgan fingerprint density at radius 1 is 1.14 bits per heavy atom. The van der Waals surface area contributed by atoms with E-state index in [9.17, 15) is 4.39 Å². The lowest BCUT2D eigenvalue weighted by Gasteiger charge is -2.37. The fraction of sp³-hybridized carbons (Fsp3) is 0.263. The Morgan fingerprint density at radius 3 is 2.64 bits per heavy atom. The maximum Gasteiger partial charge on any atom is 0.197 e. The van der Waals surface area contributed by atoms with Gasteiger partial charge in [-0.1, -0.05) is 0 Å². The number of aromatic nitrogens is 4. The number of hydrogen-bond donors (Lipinski definition) is 0. The molecule has 144 valence electrons. The molecule has 0 amide bonds. The van der Waals surface area contributed by atoms with Crippen molar-refractivity contribution in [3.05, 3.63) is 57.4 Å². The van der Waals surface area contributed by atoms with Crippen molar-refractivity contribution in [3.8, 4) is 17.4 Å². The molecule has 0 spiro atoms. The van der Waals surface area contributed by atoms with Gasteiger partial charge in [0.15, 0.2) is 17.9 Å². The van der Waals surface area contributed by atoms with Crippen LogP contribution in [0.15, 0.2) is 36.8 Å². The fourth-order valence-electron chi connectivity index (χ4n) is 3.25. The summed E-state index contributed by atoms with van der Waals surface area (Å²) < 4.78 is 25.8. The third-order valence-corrected chi connectivity index (χ3v) is 5.61. The van der Waals surface area contributed by atoms with Crippen LogP contribution in [0.25, 0.3) is 11.6 Å². The van der Waals surface area contributed by atoms with E-state index in [4.69, 9.17) is 9.47 Å². The average Bonchev–Trinajstić information content (AvgIpc) is 2.75. The zero-order chi connectivity index (χ0) is 19.7. The number of nitrogens with zero attached hydrogens (tertiary/aromatic N) is 5. The third-order valence-electron chi connectivity index (χ3n) is 4.56. The highest BCUT2D eigenvalue weighted by atomic mass is 127. The first-order chi connectivity index (χ1) is 13.6. The molecular weight excluding hydrogens is 476 g/mol. The molecule has 4 rings (SSSR count). The molecular formula is C19H17FIN5O2. The van der Waals surface area contributed by atoms with E-state index in [-0.39, 0.29) is 5.82 Å². The number of fused-ring (bicyclic) bond motifs is 1. The molecule has 3 heterocycles. The largest absolute Gasteiger partial charge is 0.495 e. The van der Waals surface area contributed by atoms with Crippen LogP contribution in [0.2, 0.25) is 0 Å². The normalized spacial score (nSPS) is 16.0. The van der Waals surface area contributed by atoms with Crippen molar-refractivity contribution in [1.29, 1.82) is 0 Å². The van der Waals surface area contributed by atoms with Gasteiger partial charge in [-0.05, 0) is 34.7 Å². The first-order valence-corrected chi connectivity index (χ1v) is 9.66. The predicted octanol–water partition coefficient (Wildman–Crippen LogP) is 3.39. The lowest BCUT2D eigenvalue weighted by atomic mass is 10.0. The van der Waals surface area contributed by atoms with Crippen LogP contribution in [0.4, 0.5) is 10.1 Å². The van der Waals surface area contributed by atoms with Crippen LogP contribution < -0.4 is 9.64 Å². The molecule has 0 aliphatic carbocycles. The zero-order valence-corrected chi connectivity index (χ0v) is 17.4. The second kappa shape index (κ2) is 7.92. The summed E-state index contributed by atoms with van der Waals surface area (Å²) in [6, 6.07) is 5.05. The summed E-state index contributed by atoms with van der Waals surface area (Å²) in [6.07, 6.45) is 5.27. The molecule has 1 aliphatic heterocycles. The van der Waals surface area contributed by atoms with Crippen LogP contribution in [0, 0.1) is 9.39 Å². The SMILES string of the molecule is COc1cc(N2CCc3nc(-c4ncccn4)ncc3C2OC)cc(F)c1I. The van der Waals surface area contributed by atoms with E-state index < -0.39 is 6.23 Å². The minimum absolute atomic E-state index is 0.330. The smallest absolute Gasteiger partial charge is 0.197 e. The first kappa shape index (κ1) is 18.9. The second-order valence-corrected chi connectivity index (χ2v) is 7.22. The molecule has 7 nitrogen and oxygen atoms in total. The molecule has 0 radical (unpaired) electrons. The van der Waals surface area contributed by atoms with Gasteiger partial charge in [0.2, 0.25) is 0 Å². The van der Waals surface area contributed by atoms with E-state index in [1.165, 1.54) is 13.2 Å². The van der Waals surface area contributed by atoms with Crippen molar-refractivity contribution in [2.45, 2.75) is 12.6 Å². The Morgan fingerprint density at radius 2 is 1.93 bits per heavy atom. The molecule has 0 saturated carbocycles. The van der Waals surface area contributed by atoms with Crippen LogP contribution in [0.1, 0.15) is 17.5 Å². The van der Waals surface area contributed by atoms with Crippen molar-refractivity contribution in [3.63, 3.8) is 0 Å². The number of halogens is 2. The van der Waals surface area contributed by atoms with E-state index in [1.807, 2.05) is 33.6 Å². The minimum Gasteiger partial charge on any atom is -0.495 e. The summed E-state index contributed by atoms with van der Waals surface area (Å²) in [6.45, 7) is 0.612. The summed E-state index contributed by atoms with van der Waals surface area (Å²) in [5, 5.41) is 0. The van der Waals surface area contributed by atoms with Gasteiger partial charge in [-0.3, -0.25) is 0 Å². The number of methoxy groups -OCH3 is 2. The van der Waals surface area contributed by atoms with Crippen molar-refractivity contribution in [2.75, 3.05) is 25.7 Å². The van der Waals surface area contributed by atoms with Crippen LogP contribution in [0.3, 0.4) is 0 Å². The summed E-state index contributed by atoms with van der Waals surface area (Å²) in [5.41, 5.74) is 2.40. The average molecular weight is 493 g/mol. The third kappa shape index (κ3) is 3.39. The van der Waals surface area contributed by atoms with Crippen LogP contribution in [-0.2, 0) is 11.2 Å². The highest BCUT2D eigenvalue weighted by Gasteiger charge is 2.30. The molecule has 1 unspecified atom stereocenters. The first-order valence-electron chi connectivity index (χ1n) is 8.58. The highest BCUT2D eigenvalue weighted by Crippen LogP contribution is 2.37. The maximum absolute atomic E-state index is 14.4. The van der Waals surface area contributed by atoms with E-state index in [0.29, 0.717) is 39.6 Å². The summed E-state index contributed by atoms with van der Waals surface area (Å²) in [7, 11) is 3.14. The van der Waals surface area contributed by atoms with Gasteiger partial charge in [0.1, 0.15) is 11.6 Å². The van der Waals surface area contributed by atoms with Gasteiger partial charge < -0.3 is 14.4 Å². The standard InChI is InChI=1S/C19H17FIN5O2/c1-27-15-9-11(8-13(20)16(15)21)26-7-4-14-12(19(26)28-2)10-24-18(25-14)17-22-5-3-6-23-17/h3,5-6,8-10,19H,4,7H2,1-2H3. The molecule has 1 aromatic carbocycles. The van der Waals surface area contributed by atoms with E-state index in [2.05, 4.69) is 19.9 Å². The quantitative estimate of drug-likeness (QED) is 0.516. The van der Waals surface area contributed by atoms with E-state index >= 15 is 0 Å². The zero-order valence-electron chi connectivity index (χ0n) is 15.3. The van der Waals surface area contributed by atoms with E-state index in [0.717, 1.165) is 11.3 Å². The molecule has 9 heteroatoms. The van der Waals surface area contributed by atoms with Crippen molar-refractivity contribution in [1.82, 2.24) is 19.9 Å². The van der Waals surface area contributed by atoms with Gasteiger partial charge in [0, 0.05) is 56.0 Å². The van der Waals surface area contributed by atoms with Gasteiger partial charge in [-0.25, -0.2) is 24.3 Å². The lowest BCUT2D eigenvalue weighted by molar-refractivity contribution is 0.0933. The molecule has 0 saturated heterocycles. The molecule has 28 heavy (non-hydrogen) atoms. The molecule has 2 aromatic heterocycles. The van der Waals surface area contributed by atoms with Gasteiger partial charge in [-0.2, -0.15) is 0 Å². The summed E-state index contributed by atoms with van der Waals surface area (Å²) >= 11 is 1.93. The Bertz CT molecular complexity index is 1010. The maximum atomic E-state index is 14.4. The molecule has 0 bridgehead atoms. The number of rotatable bonds is 4. The van der Waals surface area contributed by atoms with Crippen LogP contribution in [0.5, 0.6) is 5.75 Å². The van der Waals surface area contributed by atoms with Gasteiger partial charge in [0.25, 0.3) is 0 Å². The molecule has 0 fully saturated rings. The van der Waals surface area contributed by atoms with Crippen molar-refractivity contribution >= 4 is 28.3 Å². The van der Waals surface area contributed by atoms with Crippen molar-refractivity contribution in [2.24, 2.45) is 0 Å². The molecule has 0 N–H and O–H groups in total. The molecule has 1 atom stereocenters.